The van der Waals surface area contributed by atoms with Crippen molar-refractivity contribution in [2.45, 2.75) is 11.7 Å². The van der Waals surface area contributed by atoms with Crippen LogP contribution in [0.5, 0.6) is 0 Å². The fourth-order valence-corrected chi connectivity index (χ4v) is 1.09. The van der Waals surface area contributed by atoms with Crippen LogP contribution in [0.4, 0.5) is 0 Å². The molecule has 0 saturated carbocycles. The molecule has 0 fully saturated rings. The quantitative estimate of drug-likeness (QED) is 0.403. The van der Waals surface area contributed by atoms with Crippen molar-refractivity contribution in [3.8, 4) is 0 Å². The van der Waals surface area contributed by atoms with Crippen LogP contribution in [0, 0.1) is 0 Å². The first-order chi connectivity index (χ1) is 5.25. The van der Waals surface area contributed by atoms with Gasteiger partial charge >= 0.3 is 11.9 Å². The summed E-state index contributed by atoms with van der Waals surface area (Å²) in [4.78, 5) is 20.0. The van der Waals surface area contributed by atoms with Crippen LogP contribution in [0.25, 0.3) is 0 Å². The summed E-state index contributed by atoms with van der Waals surface area (Å²) in [5.41, 5.74) is 0. The molecule has 1 unspecified atom stereocenters. The van der Waals surface area contributed by atoms with E-state index in [4.69, 9.17) is 14.8 Å². The normalized spacial score (nSPS) is 12.7. The van der Waals surface area contributed by atoms with E-state index in [0.717, 1.165) is 0 Å². The molecule has 0 rings (SSSR count). The number of hydrogen-bond acceptors (Lipinski definition) is 4. The molecule has 0 bridgehead atoms. The first kappa shape index (κ1) is 15.1. The maximum absolute atomic E-state index is 10.2. The Bertz CT molecular complexity index is 294. The van der Waals surface area contributed by atoms with Crippen molar-refractivity contribution in [2.24, 2.45) is 0 Å². The van der Waals surface area contributed by atoms with Gasteiger partial charge in [-0.15, -0.1) is 0 Å². The molecule has 13 heavy (non-hydrogen) atoms. The van der Waals surface area contributed by atoms with Crippen LogP contribution in [0.2, 0.25) is 0 Å². The van der Waals surface area contributed by atoms with Crippen LogP contribution in [0.3, 0.4) is 0 Å². The van der Waals surface area contributed by atoms with Gasteiger partial charge in [-0.25, -0.2) is 0 Å². The molecule has 0 spiro atoms. The third kappa shape index (κ3) is 5.77. The molecule has 3 N–H and O–H groups in total. The van der Waals surface area contributed by atoms with Crippen LogP contribution >= 0.6 is 0 Å². The summed E-state index contributed by atoms with van der Waals surface area (Å²) in [7, 11) is -4.84. The number of hydrogen-bond donors (Lipinski definition) is 3. The Labute approximate surface area is 89.0 Å². The summed E-state index contributed by atoms with van der Waals surface area (Å²) in [5.74, 6) is -3.50. The maximum atomic E-state index is 10.2. The molecule has 9 heteroatoms. The Morgan fingerprint density at radius 1 is 1.23 bits per heavy atom. The largest absolute Gasteiger partial charge is 0.481 e. The zero-order valence-electron chi connectivity index (χ0n) is 5.97. The van der Waals surface area contributed by atoms with Gasteiger partial charge in [-0.3, -0.25) is 14.1 Å². The van der Waals surface area contributed by atoms with E-state index in [1.807, 2.05) is 0 Å². The predicted octanol–water partition coefficient (Wildman–Crippen LogP) is -1.20. The van der Waals surface area contributed by atoms with Gasteiger partial charge in [0, 0.05) is 22.4 Å². The van der Waals surface area contributed by atoms with E-state index in [0.29, 0.717) is 0 Å². The van der Waals surface area contributed by atoms with E-state index in [1.165, 1.54) is 0 Å². The van der Waals surface area contributed by atoms with Crippen LogP contribution < -0.4 is 0 Å². The topological polar surface area (TPSA) is 129 Å². The van der Waals surface area contributed by atoms with Crippen LogP contribution in [-0.4, -0.2) is 40.4 Å². The molecule has 0 amide bonds. The molecule has 0 aliphatic heterocycles. The van der Waals surface area contributed by atoms with Gasteiger partial charge in [0.1, 0.15) is 0 Å². The molecule has 0 aliphatic rings. The van der Waals surface area contributed by atoms with Gasteiger partial charge in [-0.05, 0) is 0 Å². The standard InChI is InChI=1S/C4H6O7S.Au/c5-3(6)1-2(4(7)8)12(9,10)11;/h2H,1H2,(H,5,6)(H,7,8)(H,9,10,11);. The fraction of sp³-hybridized carbons (Fsp3) is 0.500. The van der Waals surface area contributed by atoms with Gasteiger partial charge < -0.3 is 10.2 Å². The molecule has 81 valence electrons. The zero-order chi connectivity index (χ0) is 9.94. The Morgan fingerprint density at radius 3 is 1.69 bits per heavy atom. The van der Waals surface area contributed by atoms with E-state index in [2.05, 4.69) is 0 Å². The smallest absolute Gasteiger partial charge is 0.325 e. The Balaban J connectivity index is 0. The van der Waals surface area contributed by atoms with Gasteiger partial charge in [0.05, 0.1) is 6.42 Å². The van der Waals surface area contributed by atoms with Crippen molar-refractivity contribution in [1.29, 1.82) is 0 Å². The van der Waals surface area contributed by atoms with Gasteiger partial charge in [-0.1, -0.05) is 0 Å². The summed E-state index contributed by atoms with van der Waals surface area (Å²) in [6, 6.07) is 0. The van der Waals surface area contributed by atoms with E-state index >= 15 is 0 Å². The molecular formula is C4H6AuO7S. The second-order valence-corrected chi connectivity index (χ2v) is 3.54. The van der Waals surface area contributed by atoms with Crippen LogP contribution in [-0.2, 0) is 42.1 Å². The molecule has 0 saturated heterocycles. The molecule has 7 nitrogen and oxygen atoms in total. The summed E-state index contributed by atoms with van der Waals surface area (Å²) >= 11 is 0. The van der Waals surface area contributed by atoms with E-state index in [9.17, 15) is 18.0 Å². The van der Waals surface area contributed by atoms with E-state index < -0.39 is 33.7 Å². The molecule has 0 heterocycles. The van der Waals surface area contributed by atoms with Crippen LogP contribution in [0.1, 0.15) is 6.42 Å². The Morgan fingerprint density at radius 2 is 1.62 bits per heavy atom. The number of rotatable bonds is 4. The third-order valence-electron chi connectivity index (χ3n) is 0.995. The third-order valence-corrected chi connectivity index (χ3v) is 2.08. The number of carboxylic acids is 2. The molecular weight excluding hydrogens is 389 g/mol. The minimum absolute atomic E-state index is 0. The Hall–Kier alpha value is -0.410. The van der Waals surface area contributed by atoms with Gasteiger partial charge in [0.2, 0.25) is 0 Å². The van der Waals surface area contributed by atoms with Crippen molar-refractivity contribution >= 4 is 22.1 Å². The fourth-order valence-electron chi connectivity index (χ4n) is 0.479. The van der Waals surface area contributed by atoms with E-state index in [-0.39, 0.29) is 22.4 Å². The number of aliphatic carboxylic acids is 2. The molecule has 0 aromatic heterocycles. The second kappa shape index (κ2) is 5.35. The van der Waals surface area contributed by atoms with Gasteiger partial charge in [0.25, 0.3) is 10.1 Å². The summed E-state index contributed by atoms with van der Waals surface area (Å²) in [6.45, 7) is 0. The molecule has 1 radical (unpaired) electrons. The molecule has 0 aliphatic carbocycles. The minimum Gasteiger partial charge on any atom is -0.481 e. The van der Waals surface area contributed by atoms with Crippen molar-refractivity contribution in [2.75, 3.05) is 0 Å². The number of carboxylic acid groups (broad SMARTS) is 2. The summed E-state index contributed by atoms with van der Waals surface area (Å²) < 4.78 is 28.7. The van der Waals surface area contributed by atoms with Gasteiger partial charge in [0.15, 0.2) is 5.25 Å². The first-order valence-corrected chi connectivity index (χ1v) is 4.16. The average molecular weight is 395 g/mol. The molecule has 1 atom stereocenters. The molecule has 0 aromatic rings. The number of carbonyl (C=O) groups is 2. The predicted molar refractivity (Wildman–Crippen MR) is 35.2 cm³/mol. The SMILES string of the molecule is O=C(O)CC(C(=O)O)S(=O)(=O)O.[Au]. The monoisotopic (exact) mass is 395 g/mol. The summed E-state index contributed by atoms with van der Waals surface area (Å²) in [5, 5.41) is 13.9. The van der Waals surface area contributed by atoms with Crippen LogP contribution in [0.15, 0.2) is 0 Å². The van der Waals surface area contributed by atoms with Crippen molar-refractivity contribution in [1.82, 2.24) is 0 Å². The van der Waals surface area contributed by atoms with Crippen molar-refractivity contribution in [3.63, 3.8) is 0 Å². The average Bonchev–Trinajstić information content (AvgIpc) is 1.79. The van der Waals surface area contributed by atoms with E-state index in [1.54, 1.807) is 0 Å². The maximum Gasteiger partial charge on any atom is 0.325 e. The first-order valence-electron chi connectivity index (χ1n) is 2.66. The zero-order valence-corrected chi connectivity index (χ0v) is 8.95. The summed E-state index contributed by atoms with van der Waals surface area (Å²) in [6.07, 6.45) is -1.16. The molecule has 0 aromatic carbocycles. The Kier molecular flexibility index (Phi) is 6.20. The van der Waals surface area contributed by atoms with Gasteiger partial charge in [-0.2, -0.15) is 8.42 Å². The van der Waals surface area contributed by atoms with Crippen molar-refractivity contribution < 1.29 is 55.2 Å². The minimum atomic E-state index is -4.84. The second-order valence-electron chi connectivity index (χ2n) is 1.94. The van der Waals surface area contributed by atoms with Crippen molar-refractivity contribution in [3.05, 3.63) is 0 Å².